The largest absolute Gasteiger partial charge is 0.480 e. The number of hydrogen-bond acceptors (Lipinski definition) is 5. The molecule has 0 saturated carbocycles. The summed E-state index contributed by atoms with van der Waals surface area (Å²) in [5.74, 6) is -1.69. The molecule has 0 aromatic carbocycles. The predicted octanol–water partition coefficient (Wildman–Crippen LogP) is -0.865. The van der Waals surface area contributed by atoms with Crippen LogP contribution in [0.15, 0.2) is 0 Å². The Bertz CT molecular complexity index is 360. The van der Waals surface area contributed by atoms with Crippen molar-refractivity contribution in [1.82, 2.24) is 10.2 Å². The molecule has 1 heterocycles. The lowest BCUT2D eigenvalue weighted by molar-refractivity contribution is -0.142. The van der Waals surface area contributed by atoms with Crippen molar-refractivity contribution < 1.29 is 24.2 Å². The van der Waals surface area contributed by atoms with Crippen molar-refractivity contribution >= 4 is 18.0 Å². The standard InChI is InChI=1S/C11H19N3O5/c1-19-9(15)3-2-8(10(16)17)13-11(18)14-5-4-7(12)6-14/h7-8H,2-6,12H2,1H3,(H,13,18)(H,16,17)/t7?,8-/m1/s1. The molecule has 0 aromatic heterocycles. The molecule has 0 bridgehead atoms. The lowest BCUT2D eigenvalue weighted by Gasteiger charge is -2.20. The zero-order valence-corrected chi connectivity index (χ0v) is 10.8. The molecule has 8 nitrogen and oxygen atoms in total. The van der Waals surface area contributed by atoms with E-state index < -0.39 is 24.0 Å². The molecule has 1 unspecified atom stereocenters. The van der Waals surface area contributed by atoms with Crippen LogP contribution in [0.5, 0.6) is 0 Å². The number of ether oxygens (including phenoxy) is 1. The van der Waals surface area contributed by atoms with Crippen LogP contribution in [0.1, 0.15) is 19.3 Å². The average molecular weight is 273 g/mol. The zero-order chi connectivity index (χ0) is 14.4. The van der Waals surface area contributed by atoms with E-state index in [9.17, 15) is 14.4 Å². The average Bonchev–Trinajstić information content (AvgIpc) is 2.80. The summed E-state index contributed by atoms with van der Waals surface area (Å²) in [6.07, 6.45) is 0.633. The van der Waals surface area contributed by atoms with Gasteiger partial charge in [-0.05, 0) is 12.8 Å². The van der Waals surface area contributed by atoms with E-state index in [0.717, 1.165) is 0 Å². The fraction of sp³-hybridized carbons (Fsp3) is 0.727. The number of carboxylic acids is 1. The van der Waals surface area contributed by atoms with Gasteiger partial charge in [0.2, 0.25) is 0 Å². The molecular formula is C11H19N3O5. The molecule has 1 rings (SSSR count). The molecule has 1 saturated heterocycles. The number of esters is 1. The predicted molar refractivity (Wildman–Crippen MR) is 65.4 cm³/mol. The maximum atomic E-state index is 11.8. The molecule has 2 atom stereocenters. The molecule has 0 aliphatic carbocycles. The second-order valence-electron chi connectivity index (χ2n) is 4.45. The smallest absolute Gasteiger partial charge is 0.326 e. The van der Waals surface area contributed by atoms with Crippen LogP contribution in [0.2, 0.25) is 0 Å². The van der Waals surface area contributed by atoms with E-state index in [1.54, 1.807) is 0 Å². The van der Waals surface area contributed by atoms with Gasteiger partial charge in [0.1, 0.15) is 6.04 Å². The van der Waals surface area contributed by atoms with E-state index in [2.05, 4.69) is 10.1 Å². The highest BCUT2D eigenvalue weighted by molar-refractivity contribution is 5.83. The van der Waals surface area contributed by atoms with Crippen LogP contribution < -0.4 is 11.1 Å². The van der Waals surface area contributed by atoms with Crippen LogP contribution in [-0.4, -0.2) is 60.3 Å². The molecule has 0 radical (unpaired) electrons. The minimum absolute atomic E-state index is 0.00631. The maximum Gasteiger partial charge on any atom is 0.326 e. The molecule has 0 spiro atoms. The third kappa shape index (κ3) is 4.74. The molecule has 108 valence electrons. The van der Waals surface area contributed by atoms with E-state index in [4.69, 9.17) is 10.8 Å². The number of carbonyl (C=O) groups excluding carboxylic acids is 2. The molecule has 0 aromatic rings. The summed E-state index contributed by atoms with van der Waals surface area (Å²) in [5, 5.41) is 11.4. The number of nitrogens with zero attached hydrogens (tertiary/aromatic N) is 1. The Labute approximate surface area is 110 Å². The van der Waals surface area contributed by atoms with Crippen molar-refractivity contribution in [3.8, 4) is 0 Å². The molecule has 2 amide bonds. The lowest BCUT2D eigenvalue weighted by Crippen LogP contribution is -2.47. The van der Waals surface area contributed by atoms with Crippen LogP contribution >= 0.6 is 0 Å². The van der Waals surface area contributed by atoms with Gasteiger partial charge in [-0.3, -0.25) is 4.79 Å². The Morgan fingerprint density at radius 3 is 2.68 bits per heavy atom. The molecule has 1 aliphatic rings. The number of aliphatic carboxylic acids is 1. The summed E-state index contributed by atoms with van der Waals surface area (Å²) in [7, 11) is 1.22. The number of carbonyl (C=O) groups is 3. The van der Waals surface area contributed by atoms with Crippen LogP contribution in [0.4, 0.5) is 4.79 Å². The van der Waals surface area contributed by atoms with Crippen molar-refractivity contribution in [3.63, 3.8) is 0 Å². The maximum absolute atomic E-state index is 11.8. The van der Waals surface area contributed by atoms with E-state index in [0.29, 0.717) is 19.5 Å². The Hall–Kier alpha value is -1.83. The summed E-state index contributed by atoms with van der Waals surface area (Å²) in [6, 6.07) is -1.64. The summed E-state index contributed by atoms with van der Waals surface area (Å²) in [6.45, 7) is 0.922. The van der Waals surface area contributed by atoms with Gasteiger partial charge in [0.15, 0.2) is 0 Å². The van der Waals surface area contributed by atoms with E-state index in [-0.39, 0.29) is 18.9 Å². The summed E-state index contributed by atoms with van der Waals surface area (Å²) >= 11 is 0. The molecular weight excluding hydrogens is 254 g/mol. The van der Waals surface area contributed by atoms with Crippen molar-refractivity contribution in [2.75, 3.05) is 20.2 Å². The Morgan fingerprint density at radius 2 is 2.21 bits per heavy atom. The van der Waals surface area contributed by atoms with Gasteiger partial charge >= 0.3 is 18.0 Å². The minimum atomic E-state index is -1.18. The van der Waals surface area contributed by atoms with Gasteiger partial charge in [-0.1, -0.05) is 0 Å². The molecule has 19 heavy (non-hydrogen) atoms. The van der Waals surface area contributed by atoms with Gasteiger partial charge in [-0.2, -0.15) is 0 Å². The van der Waals surface area contributed by atoms with Crippen LogP contribution in [-0.2, 0) is 14.3 Å². The van der Waals surface area contributed by atoms with Gasteiger partial charge in [0, 0.05) is 25.6 Å². The van der Waals surface area contributed by atoms with E-state index in [1.807, 2.05) is 0 Å². The van der Waals surface area contributed by atoms with Crippen molar-refractivity contribution in [3.05, 3.63) is 0 Å². The van der Waals surface area contributed by atoms with Crippen molar-refractivity contribution in [2.45, 2.75) is 31.3 Å². The highest BCUT2D eigenvalue weighted by Crippen LogP contribution is 2.08. The lowest BCUT2D eigenvalue weighted by atomic mass is 10.1. The second-order valence-corrected chi connectivity index (χ2v) is 4.45. The minimum Gasteiger partial charge on any atom is -0.480 e. The van der Waals surface area contributed by atoms with Crippen LogP contribution in [0, 0.1) is 0 Å². The summed E-state index contributed by atoms with van der Waals surface area (Å²) < 4.78 is 4.43. The normalized spacial score (nSPS) is 19.9. The molecule has 1 aliphatic heterocycles. The zero-order valence-electron chi connectivity index (χ0n) is 10.8. The first-order valence-corrected chi connectivity index (χ1v) is 6.04. The topological polar surface area (TPSA) is 122 Å². The first-order chi connectivity index (χ1) is 8.93. The fourth-order valence-electron chi connectivity index (χ4n) is 1.83. The number of carboxylic acid groups (broad SMARTS) is 1. The highest BCUT2D eigenvalue weighted by Gasteiger charge is 2.27. The summed E-state index contributed by atoms with van der Waals surface area (Å²) in [4.78, 5) is 35.2. The van der Waals surface area contributed by atoms with E-state index in [1.165, 1.54) is 12.0 Å². The fourth-order valence-corrected chi connectivity index (χ4v) is 1.83. The third-order valence-corrected chi connectivity index (χ3v) is 2.97. The number of urea groups is 1. The van der Waals surface area contributed by atoms with Gasteiger partial charge in [0.05, 0.1) is 7.11 Å². The van der Waals surface area contributed by atoms with Gasteiger partial charge in [-0.25, -0.2) is 9.59 Å². The number of methoxy groups -OCH3 is 1. The highest BCUT2D eigenvalue weighted by atomic mass is 16.5. The Morgan fingerprint density at radius 1 is 1.53 bits per heavy atom. The Balaban J connectivity index is 2.46. The van der Waals surface area contributed by atoms with E-state index >= 15 is 0 Å². The first-order valence-electron chi connectivity index (χ1n) is 6.04. The molecule has 4 N–H and O–H groups in total. The number of amides is 2. The van der Waals surface area contributed by atoms with Crippen molar-refractivity contribution in [2.24, 2.45) is 5.73 Å². The quantitative estimate of drug-likeness (QED) is 0.560. The second kappa shape index (κ2) is 6.93. The number of nitrogens with two attached hydrogens (primary N) is 1. The molecule has 1 fully saturated rings. The first kappa shape index (κ1) is 15.2. The van der Waals surface area contributed by atoms with Crippen molar-refractivity contribution in [1.29, 1.82) is 0 Å². The SMILES string of the molecule is COC(=O)CC[C@@H](NC(=O)N1CCC(N)C1)C(=O)O. The van der Waals surface area contributed by atoms with Crippen LogP contribution in [0.25, 0.3) is 0 Å². The van der Waals surface area contributed by atoms with Gasteiger partial charge < -0.3 is 25.8 Å². The van der Waals surface area contributed by atoms with Gasteiger partial charge in [0.25, 0.3) is 0 Å². The number of rotatable bonds is 5. The third-order valence-electron chi connectivity index (χ3n) is 2.97. The number of nitrogens with one attached hydrogen (secondary N) is 1. The number of hydrogen-bond donors (Lipinski definition) is 3. The Kier molecular flexibility index (Phi) is 5.56. The van der Waals surface area contributed by atoms with Crippen LogP contribution in [0.3, 0.4) is 0 Å². The monoisotopic (exact) mass is 273 g/mol. The summed E-state index contributed by atoms with van der Waals surface area (Å²) in [5.41, 5.74) is 5.67. The molecule has 8 heteroatoms. The van der Waals surface area contributed by atoms with Gasteiger partial charge in [-0.15, -0.1) is 0 Å². The number of likely N-dealkylation sites (tertiary alicyclic amines) is 1.